The van der Waals surface area contributed by atoms with Crippen LogP contribution in [-0.2, 0) is 4.79 Å². The van der Waals surface area contributed by atoms with E-state index >= 15 is 0 Å². The van der Waals surface area contributed by atoms with Crippen LogP contribution in [0.5, 0.6) is 0 Å². The van der Waals surface area contributed by atoms with Crippen LogP contribution in [0.3, 0.4) is 0 Å². The van der Waals surface area contributed by atoms with Gasteiger partial charge in [0, 0.05) is 44.3 Å². The number of anilines is 1. The minimum absolute atomic E-state index is 0.284. The molecule has 2 aliphatic rings. The van der Waals surface area contributed by atoms with E-state index in [2.05, 4.69) is 26.2 Å². The van der Waals surface area contributed by atoms with Crippen molar-refractivity contribution >= 4 is 11.7 Å². The minimum atomic E-state index is 0.284. The maximum absolute atomic E-state index is 12.3. The molecule has 2 fully saturated rings. The van der Waals surface area contributed by atoms with Gasteiger partial charge < -0.3 is 15.1 Å². The third-order valence-electron chi connectivity index (χ3n) is 5.18. The lowest BCUT2D eigenvalue weighted by Crippen LogP contribution is -2.57. The Bertz CT molecular complexity index is 653. The molecule has 1 aromatic rings. The van der Waals surface area contributed by atoms with Gasteiger partial charge in [0.05, 0.1) is 5.56 Å². The van der Waals surface area contributed by atoms with Crippen molar-refractivity contribution in [2.24, 2.45) is 5.92 Å². The molecule has 0 spiro atoms. The fourth-order valence-corrected chi connectivity index (χ4v) is 3.94. The molecule has 3 heterocycles. The zero-order valence-electron chi connectivity index (χ0n) is 14.5. The Morgan fingerprint density at radius 3 is 3.00 bits per heavy atom. The molecule has 1 N–H and O–H groups in total. The average Bonchev–Trinajstić information content (AvgIpc) is 2.60. The number of carbonyl (C=O) groups excluding carboxylic acids is 1. The van der Waals surface area contributed by atoms with Crippen LogP contribution in [0.2, 0.25) is 0 Å². The van der Waals surface area contributed by atoms with Crippen LogP contribution in [0.1, 0.15) is 30.5 Å². The molecule has 2 aliphatic heterocycles. The van der Waals surface area contributed by atoms with Crippen molar-refractivity contribution < 1.29 is 4.79 Å². The Balaban J connectivity index is 1.77. The van der Waals surface area contributed by atoms with Gasteiger partial charge in [0.2, 0.25) is 5.91 Å². The molecular weight excluding hydrogens is 302 g/mol. The Hall–Kier alpha value is -2.13. The highest BCUT2D eigenvalue weighted by molar-refractivity contribution is 5.77. The largest absolute Gasteiger partial charge is 0.355 e. The standard InChI is InChI=1S/C18H25N5O/c1-13-3-4-14(11-19)18(21-13)22-9-7-16-15(12-22)5-6-17(24)23(16)10-8-20-2/h3-4,15-16,20H,5-10,12H2,1-2H3/t15-,16+/m0/s1. The third-order valence-corrected chi connectivity index (χ3v) is 5.18. The molecule has 2 atom stereocenters. The van der Waals surface area contributed by atoms with Gasteiger partial charge in [-0.2, -0.15) is 5.26 Å². The van der Waals surface area contributed by atoms with Gasteiger partial charge in [-0.1, -0.05) is 0 Å². The topological polar surface area (TPSA) is 72.3 Å². The number of hydrogen-bond acceptors (Lipinski definition) is 5. The minimum Gasteiger partial charge on any atom is -0.355 e. The number of piperidine rings is 2. The number of carbonyl (C=O) groups is 1. The normalized spacial score (nSPS) is 23.8. The van der Waals surface area contributed by atoms with Gasteiger partial charge in [0.25, 0.3) is 0 Å². The lowest BCUT2D eigenvalue weighted by atomic mass is 9.83. The van der Waals surface area contributed by atoms with E-state index in [1.54, 1.807) is 0 Å². The molecule has 0 aromatic carbocycles. The first-order valence-corrected chi connectivity index (χ1v) is 8.70. The van der Waals surface area contributed by atoms with Gasteiger partial charge >= 0.3 is 0 Å². The predicted octanol–water partition coefficient (Wildman–Crippen LogP) is 1.30. The zero-order chi connectivity index (χ0) is 17.1. The van der Waals surface area contributed by atoms with Crippen molar-refractivity contribution in [1.29, 1.82) is 5.26 Å². The number of likely N-dealkylation sites (N-methyl/N-ethyl adjacent to an activating group) is 1. The van der Waals surface area contributed by atoms with Crippen LogP contribution in [0.15, 0.2) is 12.1 Å². The second kappa shape index (κ2) is 7.18. The molecule has 1 aromatic heterocycles. The zero-order valence-corrected chi connectivity index (χ0v) is 14.5. The van der Waals surface area contributed by atoms with Gasteiger partial charge in [-0.15, -0.1) is 0 Å². The van der Waals surface area contributed by atoms with Crippen molar-refractivity contribution in [1.82, 2.24) is 15.2 Å². The summed E-state index contributed by atoms with van der Waals surface area (Å²) in [7, 11) is 1.92. The van der Waals surface area contributed by atoms with Crippen molar-refractivity contribution in [2.75, 3.05) is 38.1 Å². The predicted molar refractivity (Wildman–Crippen MR) is 92.7 cm³/mol. The number of amides is 1. The van der Waals surface area contributed by atoms with E-state index in [4.69, 9.17) is 0 Å². The highest BCUT2D eigenvalue weighted by Gasteiger charge is 2.39. The highest BCUT2D eigenvalue weighted by atomic mass is 16.2. The molecule has 0 aliphatic carbocycles. The number of pyridine rings is 1. The molecular formula is C18H25N5O. The Labute approximate surface area is 143 Å². The van der Waals surface area contributed by atoms with E-state index in [1.807, 2.05) is 26.1 Å². The molecule has 0 bridgehead atoms. The first kappa shape index (κ1) is 16.7. The maximum atomic E-state index is 12.3. The summed E-state index contributed by atoms with van der Waals surface area (Å²) in [6.07, 6.45) is 2.51. The first-order chi connectivity index (χ1) is 11.6. The Morgan fingerprint density at radius 2 is 2.25 bits per heavy atom. The van der Waals surface area contributed by atoms with Gasteiger partial charge in [0.15, 0.2) is 0 Å². The maximum Gasteiger partial charge on any atom is 0.222 e. The number of aryl methyl sites for hydroxylation is 1. The fourth-order valence-electron chi connectivity index (χ4n) is 3.94. The van der Waals surface area contributed by atoms with Gasteiger partial charge in [-0.05, 0) is 44.9 Å². The summed E-state index contributed by atoms with van der Waals surface area (Å²) in [6.45, 7) is 5.28. The number of nitrogens with zero attached hydrogens (tertiary/aromatic N) is 4. The number of fused-ring (bicyclic) bond motifs is 1. The summed E-state index contributed by atoms with van der Waals surface area (Å²) in [5, 5.41) is 12.5. The van der Waals surface area contributed by atoms with E-state index in [0.717, 1.165) is 50.5 Å². The average molecular weight is 327 g/mol. The monoisotopic (exact) mass is 327 g/mol. The van der Waals surface area contributed by atoms with Crippen LogP contribution in [0, 0.1) is 24.2 Å². The highest BCUT2D eigenvalue weighted by Crippen LogP contribution is 2.33. The number of aromatic nitrogens is 1. The Morgan fingerprint density at radius 1 is 1.42 bits per heavy atom. The summed E-state index contributed by atoms with van der Waals surface area (Å²) in [5.74, 6) is 1.54. The van der Waals surface area contributed by atoms with Crippen molar-refractivity contribution in [3.8, 4) is 6.07 Å². The van der Waals surface area contributed by atoms with Crippen LogP contribution in [0.4, 0.5) is 5.82 Å². The van der Waals surface area contributed by atoms with E-state index in [0.29, 0.717) is 23.9 Å². The Kier molecular flexibility index (Phi) is 5.00. The van der Waals surface area contributed by atoms with E-state index in [9.17, 15) is 10.1 Å². The summed E-state index contributed by atoms with van der Waals surface area (Å²) in [4.78, 5) is 21.2. The molecule has 1 amide bonds. The van der Waals surface area contributed by atoms with Crippen LogP contribution < -0.4 is 10.2 Å². The summed E-state index contributed by atoms with van der Waals surface area (Å²) < 4.78 is 0. The van der Waals surface area contributed by atoms with Crippen LogP contribution in [0.25, 0.3) is 0 Å². The third kappa shape index (κ3) is 3.22. The van der Waals surface area contributed by atoms with Gasteiger partial charge in [-0.3, -0.25) is 4.79 Å². The number of rotatable bonds is 4. The van der Waals surface area contributed by atoms with Crippen LogP contribution >= 0.6 is 0 Å². The van der Waals surface area contributed by atoms with Crippen molar-refractivity contribution in [3.63, 3.8) is 0 Å². The molecule has 24 heavy (non-hydrogen) atoms. The molecule has 0 unspecified atom stereocenters. The van der Waals surface area contributed by atoms with Gasteiger partial charge in [0.1, 0.15) is 11.9 Å². The number of nitriles is 1. The number of likely N-dealkylation sites (tertiary alicyclic amines) is 1. The molecule has 6 nitrogen and oxygen atoms in total. The summed E-state index contributed by atoms with van der Waals surface area (Å²) in [5.41, 5.74) is 1.57. The van der Waals surface area contributed by atoms with E-state index < -0.39 is 0 Å². The lowest BCUT2D eigenvalue weighted by Gasteiger charge is -2.47. The molecule has 128 valence electrons. The van der Waals surface area contributed by atoms with Crippen molar-refractivity contribution in [2.45, 2.75) is 32.2 Å². The smallest absolute Gasteiger partial charge is 0.222 e. The molecule has 3 rings (SSSR count). The van der Waals surface area contributed by atoms with Crippen LogP contribution in [-0.4, -0.2) is 55.1 Å². The molecule has 0 radical (unpaired) electrons. The second-order valence-corrected chi connectivity index (χ2v) is 6.73. The summed E-state index contributed by atoms with van der Waals surface area (Å²) >= 11 is 0. The quantitative estimate of drug-likeness (QED) is 0.902. The second-order valence-electron chi connectivity index (χ2n) is 6.73. The van der Waals surface area contributed by atoms with E-state index in [-0.39, 0.29) is 5.91 Å². The fraction of sp³-hybridized carbons (Fsp3) is 0.611. The van der Waals surface area contributed by atoms with E-state index in [1.165, 1.54) is 0 Å². The number of hydrogen-bond donors (Lipinski definition) is 1. The summed E-state index contributed by atoms with van der Waals surface area (Å²) in [6, 6.07) is 6.32. The first-order valence-electron chi connectivity index (χ1n) is 8.70. The molecule has 0 saturated carbocycles. The lowest BCUT2D eigenvalue weighted by molar-refractivity contribution is -0.139. The number of nitrogens with one attached hydrogen (secondary N) is 1. The SMILES string of the molecule is CNCCN1C(=O)CC[C@H]2CN(c3nc(C)ccc3C#N)CC[C@H]21. The molecule has 6 heteroatoms. The van der Waals surface area contributed by atoms with Crippen molar-refractivity contribution in [3.05, 3.63) is 23.4 Å². The van der Waals surface area contributed by atoms with Gasteiger partial charge in [-0.25, -0.2) is 4.98 Å². The molecule has 2 saturated heterocycles.